The lowest BCUT2D eigenvalue weighted by Gasteiger charge is -2.19. The summed E-state index contributed by atoms with van der Waals surface area (Å²) in [4.78, 5) is 0. The summed E-state index contributed by atoms with van der Waals surface area (Å²) in [6.45, 7) is 8.67. The molecule has 3 N–H and O–H groups in total. The lowest BCUT2D eigenvalue weighted by molar-refractivity contribution is 0.590. The lowest BCUT2D eigenvalue weighted by Crippen LogP contribution is -2.10. The molecular weight excluding hydrogens is 232 g/mol. The van der Waals surface area contributed by atoms with E-state index in [1.54, 1.807) is 0 Å². The van der Waals surface area contributed by atoms with Crippen LogP contribution in [0, 0.1) is 6.92 Å². The monoisotopic (exact) mass is 254 g/mol. The predicted molar refractivity (Wildman–Crippen MR) is 84.0 cm³/mol. The number of anilines is 3. The summed E-state index contributed by atoms with van der Waals surface area (Å²) in [6.07, 6.45) is 0. The van der Waals surface area contributed by atoms with Gasteiger partial charge in [-0.2, -0.15) is 0 Å². The third-order valence-electron chi connectivity index (χ3n) is 3.32. The van der Waals surface area contributed by atoms with Gasteiger partial charge in [0.1, 0.15) is 0 Å². The van der Waals surface area contributed by atoms with E-state index >= 15 is 0 Å². The summed E-state index contributed by atoms with van der Waals surface area (Å²) in [5.74, 6) is 0. The second-order valence-corrected chi connectivity index (χ2v) is 6.02. The molecule has 0 fully saturated rings. The Morgan fingerprint density at radius 1 is 0.895 bits per heavy atom. The summed E-state index contributed by atoms with van der Waals surface area (Å²) >= 11 is 0. The highest BCUT2D eigenvalue weighted by atomic mass is 14.9. The van der Waals surface area contributed by atoms with E-state index in [-0.39, 0.29) is 5.41 Å². The van der Waals surface area contributed by atoms with Crippen LogP contribution in [-0.4, -0.2) is 0 Å². The zero-order valence-corrected chi connectivity index (χ0v) is 12.1. The molecular formula is C17H22N2. The van der Waals surface area contributed by atoms with E-state index in [0.29, 0.717) is 0 Å². The first-order chi connectivity index (χ1) is 8.86. The molecule has 0 radical (unpaired) electrons. The van der Waals surface area contributed by atoms with E-state index in [2.05, 4.69) is 50.4 Å². The molecule has 2 heteroatoms. The molecule has 2 rings (SSSR count). The normalized spacial score (nSPS) is 11.4. The minimum atomic E-state index is 0.187. The Balaban J connectivity index is 2.17. The summed E-state index contributed by atoms with van der Waals surface area (Å²) in [5.41, 5.74) is 11.5. The van der Waals surface area contributed by atoms with Crippen LogP contribution < -0.4 is 11.1 Å². The highest BCUT2D eigenvalue weighted by molar-refractivity contribution is 5.65. The number of nitrogen functional groups attached to an aromatic ring is 1. The topological polar surface area (TPSA) is 38.0 Å². The van der Waals surface area contributed by atoms with Crippen molar-refractivity contribution in [1.29, 1.82) is 0 Å². The summed E-state index contributed by atoms with van der Waals surface area (Å²) in [6, 6.07) is 14.6. The molecule has 0 bridgehead atoms. The van der Waals surface area contributed by atoms with Gasteiger partial charge in [-0.05, 0) is 47.7 Å². The van der Waals surface area contributed by atoms with Crippen LogP contribution >= 0.6 is 0 Å². The van der Waals surface area contributed by atoms with Crippen molar-refractivity contribution in [3.05, 3.63) is 53.6 Å². The molecule has 2 aromatic rings. The highest BCUT2D eigenvalue weighted by Gasteiger charge is 2.12. The largest absolute Gasteiger partial charge is 0.398 e. The molecule has 2 aromatic carbocycles. The van der Waals surface area contributed by atoms with Crippen molar-refractivity contribution in [2.24, 2.45) is 0 Å². The Labute approximate surface area is 115 Å². The maximum absolute atomic E-state index is 5.92. The quantitative estimate of drug-likeness (QED) is 0.767. The van der Waals surface area contributed by atoms with Gasteiger partial charge in [-0.1, -0.05) is 39.0 Å². The first-order valence-electron chi connectivity index (χ1n) is 6.60. The molecule has 0 saturated carbocycles. The molecule has 0 aliphatic heterocycles. The minimum Gasteiger partial charge on any atom is -0.398 e. The van der Waals surface area contributed by atoms with Crippen molar-refractivity contribution in [2.45, 2.75) is 33.1 Å². The van der Waals surface area contributed by atoms with Crippen LogP contribution in [0.5, 0.6) is 0 Å². The Morgan fingerprint density at radius 2 is 1.47 bits per heavy atom. The van der Waals surface area contributed by atoms with Gasteiger partial charge >= 0.3 is 0 Å². The Hall–Kier alpha value is -1.96. The maximum atomic E-state index is 5.92. The number of aryl methyl sites for hydroxylation is 1. The fourth-order valence-electron chi connectivity index (χ4n) is 1.94. The van der Waals surface area contributed by atoms with E-state index in [4.69, 9.17) is 5.73 Å². The van der Waals surface area contributed by atoms with Crippen LogP contribution in [0.2, 0.25) is 0 Å². The lowest BCUT2D eigenvalue weighted by atomic mass is 9.87. The molecule has 0 heterocycles. The van der Waals surface area contributed by atoms with E-state index in [1.807, 2.05) is 25.1 Å². The Bertz CT molecular complexity index is 563. The number of hydrogen-bond acceptors (Lipinski definition) is 2. The Kier molecular flexibility index (Phi) is 3.52. The summed E-state index contributed by atoms with van der Waals surface area (Å²) in [5, 5.41) is 3.37. The smallest absolute Gasteiger partial charge is 0.0405 e. The van der Waals surface area contributed by atoms with E-state index in [0.717, 1.165) is 22.6 Å². The number of nitrogens with two attached hydrogens (primary N) is 1. The van der Waals surface area contributed by atoms with Crippen molar-refractivity contribution in [1.82, 2.24) is 0 Å². The average molecular weight is 254 g/mol. The zero-order chi connectivity index (χ0) is 14.0. The third-order valence-corrected chi connectivity index (χ3v) is 3.32. The molecule has 100 valence electrons. The molecule has 0 aromatic heterocycles. The molecule has 0 spiro atoms. The third kappa shape index (κ3) is 3.28. The predicted octanol–water partition coefficient (Wildman–Crippen LogP) is 4.62. The maximum Gasteiger partial charge on any atom is 0.0405 e. The van der Waals surface area contributed by atoms with Gasteiger partial charge < -0.3 is 11.1 Å². The van der Waals surface area contributed by atoms with E-state index in [1.165, 1.54) is 5.56 Å². The fourth-order valence-corrected chi connectivity index (χ4v) is 1.94. The Morgan fingerprint density at radius 3 is 2.00 bits per heavy atom. The fraction of sp³-hybridized carbons (Fsp3) is 0.294. The van der Waals surface area contributed by atoms with Crippen molar-refractivity contribution < 1.29 is 0 Å². The van der Waals surface area contributed by atoms with Crippen molar-refractivity contribution in [3.8, 4) is 0 Å². The van der Waals surface area contributed by atoms with E-state index in [9.17, 15) is 0 Å². The van der Waals surface area contributed by atoms with Gasteiger partial charge in [0, 0.05) is 17.1 Å². The molecule has 0 saturated heterocycles. The average Bonchev–Trinajstić information content (AvgIpc) is 2.33. The molecule has 19 heavy (non-hydrogen) atoms. The van der Waals surface area contributed by atoms with Gasteiger partial charge in [-0.3, -0.25) is 0 Å². The van der Waals surface area contributed by atoms with Gasteiger partial charge in [0.25, 0.3) is 0 Å². The second-order valence-electron chi connectivity index (χ2n) is 6.02. The number of hydrogen-bond donors (Lipinski definition) is 2. The molecule has 0 atom stereocenters. The van der Waals surface area contributed by atoms with E-state index < -0.39 is 0 Å². The van der Waals surface area contributed by atoms with Crippen molar-refractivity contribution in [2.75, 3.05) is 11.1 Å². The second kappa shape index (κ2) is 4.96. The number of nitrogens with one attached hydrogen (secondary N) is 1. The summed E-state index contributed by atoms with van der Waals surface area (Å²) < 4.78 is 0. The van der Waals surface area contributed by atoms with Crippen LogP contribution in [0.4, 0.5) is 17.1 Å². The molecule has 2 nitrogen and oxygen atoms in total. The standard InChI is InChI=1S/C17H22N2/c1-12-5-8-15(11-16(12)18)19-14-9-6-13(7-10-14)17(2,3)4/h5-11,19H,18H2,1-4H3. The zero-order valence-electron chi connectivity index (χ0n) is 12.1. The molecule has 0 unspecified atom stereocenters. The van der Waals surface area contributed by atoms with Crippen LogP contribution in [-0.2, 0) is 5.41 Å². The van der Waals surface area contributed by atoms with Crippen LogP contribution in [0.25, 0.3) is 0 Å². The minimum absolute atomic E-state index is 0.187. The van der Waals surface area contributed by atoms with Crippen molar-refractivity contribution in [3.63, 3.8) is 0 Å². The molecule has 0 amide bonds. The van der Waals surface area contributed by atoms with Crippen LogP contribution in [0.1, 0.15) is 31.9 Å². The SMILES string of the molecule is Cc1ccc(Nc2ccc(C(C)(C)C)cc2)cc1N. The van der Waals surface area contributed by atoms with Crippen LogP contribution in [0.3, 0.4) is 0 Å². The van der Waals surface area contributed by atoms with Gasteiger partial charge in [0.15, 0.2) is 0 Å². The number of rotatable bonds is 2. The van der Waals surface area contributed by atoms with Crippen molar-refractivity contribution >= 4 is 17.1 Å². The van der Waals surface area contributed by atoms with Crippen LogP contribution in [0.15, 0.2) is 42.5 Å². The summed E-state index contributed by atoms with van der Waals surface area (Å²) in [7, 11) is 0. The molecule has 0 aliphatic carbocycles. The van der Waals surface area contributed by atoms with Gasteiger partial charge in [0.2, 0.25) is 0 Å². The van der Waals surface area contributed by atoms with Gasteiger partial charge in [0.05, 0.1) is 0 Å². The van der Waals surface area contributed by atoms with Gasteiger partial charge in [-0.15, -0.1) is 0 Å². The first kappa shape index (κ1) is 13.5. The highest BCUT2D eigenvalue weighted by Crippen LogP contribution is 2.25. The number of benzene rings is 2. The molecule has 0 aliphatic rings. The first-order valence-corrected chi connectivity index (χ1v) is 6.60. The van der Waals surface area contributed by atoms with Gasteiger partial charge in [-0.25, -0.2) is 0 Å².